The molecule has 0 unspecified atom stereocenters. The van der Waals surface area contributed by atoms with Crippen LogP contribution in [0.2, 0.25) is 0 Å². The van der Waals surface area contributed by atoms with Crippen LogP contribution in [0.5, 0.6) is 11.5 Å². The molecule has 0 saturated heterocycles. The normalized spacial score (nSPS) is 11.1. The summed E-state index contributed by atoms with van der Waals surface area (Å²) in [7, 11) is 0. The van der Waals surface area contributed by atoms with Gasteiger partial charge in [-0.05, 0) is 37.1 Å². The second-order valence-electron chi connectivity index (χ2n) is 4.18. The van der Waals surface area contributed by atoms with E-state index < -0.39 is 6.72 Å². The van der Waals surface area contributed by atoms with Crippen LogP contribution in [0.15, 0.2) is 48.5 Å². The van der Waals surface area contributed by atoms with E-state index in [0.717, 1.165) is 11.1 Å². The summed E-state index contributed by atoms with van der Waals surface area (Å²) in [6.45, 7) is 0.418. The summed E-state index contributed by atoms with van der Waals surface area (Å²) in [4.78, 5) is 10.2. The van der Waals surface area contributed by atoms with Gasteiger partial charge in [0.25, 0.3) is 0 Å². The van der Waals surface area contributed by atoms with Gasteiger partial charge in [0.05, 0.1) is 0 Å². The molecule has 0 aliphatic carbocycles. The molecule has 2 rings (SSSR count). The van der Waals surface area contributed by atoms with Gasteiger partial charge in [-0.2, -0.15) is 0 Å². The average molecular weight is 294 g/mol. The minimum Gasteiger partial charge on any atom is -0.416 e. The van der Waals surface area contributed by atoms with Crippen molar-refractivity contribution in [1.82, 2.24) is 0 Å². The van der Waals surface area contributed by atoms with Gasteiger partial charge in [-0.25, -0.2) is 0 Å². The van der Waals surface area contributed by atoms with Gasteiger partial charge >= 0.3 is 6.72 Å². The molecule has 2 aromatic rings. The first-order valence-corrected chi connectivity index (χ1v) is 8.40. The number of aryl methyl sites for hydroxylation is 2. The van der Waals surface area contributed by atoms with Crippen molar-refractivity contribution in [2.24, 2.45) is 0 Å². The Hall–Kier alpha value is -1.35. The highest BCUT2D eigenvalue weighted by atomic mass is 32.5. The van der Waals surface area contributed by atoms with Crippen molar-refractivity contribution < 1.29 is 13.9 Å². The molecule has 0 aliphatic rings. The van der Waals surface area contributed by atoms with Crippen molar-refractivity contribution in [3.8, 4) is 11.5 Å². The molecule has 0 saturated carbocycles. The molecule has 0 amide bonds. The van der Waals surface area contributed by atoms with Gasteiger partial charge in [-0.15, -0.1) is 0 Å². The first-order valence-electron chi connectivity index (χ1n) is 5.81. The highest BCUT2D eigenvalue weighted by molar-refractivity contribution is 8.07. The van der Waals surface area contributed by atoms with Crippen molar-refractivity contribution in [2.45, 2.75) is 13.8 Å². The van der Waals surface area contributed by atoms with Crippen LogP contribution in [0.1, 0.15) is 11.1 Å². The van der Waals surface area contributed by atoms with Gasteiger partial charge < -0.3 is 13.9 Å². The lowest BCUT2D eigenvalue weighted by Gasteiger charge is -2.19. The maximum Gasteiger partial charge on any atom is 0.432 e. The minimum atomic E-state index is -3.36. The fourth-order valence-corrected chi connectivity index (χ4v) is 3.01. The third kappa shape index (κ3) is 3.80. The van der Waals surface area contributed by atoms with Crippen molar-refractivity contribution >= 4 is 18.5 Å². The standard InChI is InChI=1S/C14H15O3PS/c1-11-7-3-5-9-13(11)16-18(15,19)17-14-10-6-4-8-12(14)2/h3-10H,1-2H3,(H,15,19). The zero-order valence-corrected chi connectivity index (χ0v) is 12.4. The van der Waals surface area contributed by atoms with Crippen LogP contribution in [-0.4, -0.2) is 4.89 Å². The van der Waals surface area contributed by atoms with Gasteiger partial charge in [-0.1, -0.05) is 36.4 Å². The molecule has 19 heavy (non-hydrogen) atoms. The zero-order chi connectivity index (χ0) is 13.9. The summed E-state index contributed by atoms with van der Waals surface area (Å²) in [5.41, 5.74) is 1.80. The maximum atomic E-state index is 10.2. The van der Waals surface area contributed by atoms with Crippen LogP contribution < -0.4 is 9.05 Å². The lowest BCUT2D eigenvalue weighted by atomic mass is 10.2. The molecule has 0 atom stereocenters. The Morgan fingerprint density at radius 1 is 0.842 bits per heavy atom. The third-order valence-electron chi connectivity index (χ3n) is 2.61. The predicted molar refractivity (Wildman–Crippen MR) is 80.1 cm³/mol. The van der Waals surface area contributed by atoms with Crippen LogP contribution in [-0.2, 0) is 11.8 Å². The fourth-order valence-electron chi connectivity index (χ4n) is 1.58. The average Bonchev–Trinajstić information content (AvgIpc) is 2.35. The van der Waals surface area contributed by atoms with Crippen LogP contribution in [0.3, 0.4) is 0 Å². The topological polar surface area (TPSA) is 38.7 Å². The quantitative estimate of drug-likeness (QED) is 0.866. The molecule has 1 N–H and O–H groups in total. The Labute approximate surface area is 118 Å². The Bertz CT molecular complexity index is 576. The van der Waals surface area contributed by atoms with E-state index in [4.69, 9.17) is 20.9 Å². The maximum absolute atomic E-state index is 10.2. The van der Waals surface area contributed by atoms with E-state index in [1.165, 1.54) is 0 Å². The third-order valence-corrected chi connectivity index (χ3v) is 3.92. The molecule has 0 aromatic heterocycles. The predicted octanol–water partition coefficient (Wildman–Crippen LogP) is 3.98. The zero-order valence-electron chi connectivity index (χ0n) is 10.7. The van der Waals surface area contributed by atoms with Gasteiger partial charge in [-0.3, -0.25) is 0 Å². The van der Waals surface area contributed by atoms with Gasteiger partial charge in [0, 0.05) is 11.8 Å². The summed E-state index contributed by atoms with van der Waals surface area (Å²) >= 11 is 5.05. The summed E-state index contributed by atoms with van der Waals surface area (Å²) in [6.07, 6.45) is 0. The minimum absolute atomic E-state index is 0.543. The van der Waals surface area contributed by atoms with Crippen LogP contribution >= 0.6 is 6.72 Å². The Balaban J connectivity index is 2.18. The number of hydrogen-bond acceptors (Lipinski definition) is 3. The molecule has 0 radical (unpaired) electrons. The van der Waals surface area contributed by atoms with Crippen LogP contribution in [0, 0.1) is 13.8 Å². The van der Waals surface area contributed by atoms with E-state index in [1.807, 2.05) is 50.2 Å². The number of para-hydroxylation sites is 2. The molecule has 2 aromatic carbocycles. The van der Waals surface area contributed by atoms with E-state index >= 15 is 0 Å². The highest BCUT2D eigenvalue weighted by Crippen LogP contribution is 2.46. The SMILES string of the molecule is Cc1ccccc1OP(O)(=S)Oc1ccccc1C. The summed E-state index contributed by atoms with van der Waals surface area (Å²) in [6, 6.07) is 14.7. The van der Waals surface area contributed by atoms with E-state index in [2.05, 4.69) is 0 Å². The second kappa shape index (κ2) is 5.74. The monoisotopic (exact) mass is 294 g/mol. The first kappa shape index (κ1) is 14.1. The Kier molecular flexibility index (Phi) is 4.25. The van der Waals surface area contributed by atoms with Gasteiger partial charge in [0.1, 0.15) is 11.5 Å². The van der Waals surface area contributed by atoms with Gasteiger partial charge in [0.2, 0.25) is 0 Å². The molecule has 3 nitrogen and oxygen atoms in total. The van der Waals surface area contributed by atoms with E-state index in [-0.39, 0.29) is 0 Å². The number of rotatable bonds is 4. The number of benzene rings is 2. The van der Waals surface area contributed by atoms with Crippen molar-refractivity contribution in [3.63, 3.8) is 0 Å². The Morgan fingerprint density at radius 2 is 1.21 bits per heavy atom. The van der Waals surface area contributed by atoms with Gasteiger partial charge in [0.15, 0.2) is 0 Å². The molecule has 100 valence electrons. The lowest BCUT2D eigenvalue weighted by molar-refractivity contribution is 0.375. The molecule has 0 fully saturated rings. The van der Waals surface area contributed by atoms with Crippen molar-refractivity contribution in [2.75, 3.05) is 0 Å². The second-order valence-corrected chi connectivity index (χ2v) is 6.87. The number of hydrogen-bond donors (Lipinski definition) is 1. The molecular weight excluding hydrogens is 279 g/mol. The highest BCUT2D eigenvalue weighted by Gasteiger charge is 2.20. The molecule has 0 spiro atoms. The smallest absolute Gasteiger partial charge is 0.416 e. The molecular formula is C14H15O3PS. The fraction of sp³-hybridized carbons (Fsp3) is 0.143. The summed E-state index contributed by atoms with van der Waals surface area (Å²) in [5, 5.41) is 0. The molecule has 5 heteroatoms. The van der Waals surface area contributed by atoms with Crippen LogP contribution in [0.25, 0.3) is 0 Å². The summed E-state index contributed by atoms with van der Waals surface area (Å²) < 4.78 is 10.9. The Morgan fingerprint density at radius 3 is 1.58 bits per heavy atom. The molecule has 0 bridgehead atoms. The van der Waals surface area contributed by atoms with Crippen molar-refractivity contribution in [3.05, 3.63) is 59.7 Å². The van der Waals surface area contributed by atoms with Crippen LogP contribution in [0.4, 0.5) is 0 Å². The van der Waals surface area contributed by atoms with Crippen molar-refractivity contribution in [1.29, 1.82) is 0 Å². The largest absolute Gasteiger partial charge is 0.432 e. The van der Waals surface area contributed by atoms with E-state index in [9.17, 15) is 4.89 Å². The van der Waals surface area contributed by atoms with E-state index in [0.29, 0.717) is 11.5 Å². The first-order chi connectivity index (χ1) is 8.98. The lowest BCUT2D eigenvalue weighted by Crippen LogP contribution is -2.01. The molecule has 0 aliphatic heterocycles. The van der Waals surface area contributed by atoms with E-state index in [1.54, 1.807) is 12.1 Å². The molecule has 0 heterocycles. The summed E-state index contributed by atoms with van der Waals surface area (Å²) in [5.74, 6) is 1.09.